The number of ether oxygens (including phenoxy) is 1. The lowest BCUT2D eigenvalue weighted by Gasteiger charge is -2.01. The number of nitrogens with one attached hydrogen (secondary N) is 1. The first-order valence-electron chi connectivity index (χ1n) is 10.7. The molecule has 0 aliphatic rings. The highest BCUT2D eigenvalue weighted by atomic mass is 32.2. The zero-order chi connectivity index (χ0) is 26.9. The molecule has 9 heteroatoms. The summed E-state index contributed by atoms with van der Waals surface area (Å²) in [6, 6.07) is 5.95. The number of hydrogen-bond acceptors (Lipinski definition) is 8. The van der Waals surface area contributed by atoms with E-state index in [4.69, 9.17) is 4.74 Å². The van der Waals surface area contributed by atoms with Gasteiger partial charge in [0.25, 0.3) is 0 Å². The monoisotopic (exact) mass is 561 g/mol. The fourth-order valence-electron chi connectivity index (χ4n) is 2.02. The predicted molar refractivity (Wildman–Crippen MR) is 155 cm³/mol. The van der Waals surface area contributed by atoms with Crippen molar-refractivity contribution >= 4 is 62.8 Å². The van der Waals surface area contributed by atoms with Gasteiger partial charge in [0.2, 0.25) is 11.0 Å². The van der Waals surface area contributed by atoms with Crippen LogP contribution in [-0.4, -0.2) is 17.0 Å². The Bertz CT molecular complexity index is 972. The fourth-order valence-corrected chi connectivity index (χ4v) is 4.84. The van der Waals surface area contributed by atoms with E-state index in [9.17, 15) is 14.4 Å². The minimum absolute atomic E-state index is 0.0822. The minimum atomic E-state index is -0.332. The van der Waals surface area contributed by atoms with E-state index in [0.717, 1.165) is 16.9 Å². The maximum atomic E-state index is 11.1. The Kier molecular flexibility index (Phi) is 15.4. The van der Waals surface area contributed by atoms with Crippen LogP contribution in [0.5, 0.6) is 0 Å². The lowest BCUT2D eigenvalue weighted by molar-refractivity contribution is -0.140. The van der Waals surface area contributed by atoms with Gasteiger partial charge < -0.3 is 10.1 Å². The maximum absolute atomic E-state index is 11.1. The summed E-state index contributed by atoms with van der Waals surface area (Å²) in [6.07, 6.45) is 0. The van der Waals surface area contributed by atoms with E-state index in [1.807, 2.05) is 45.1 Å². The number of esters is 1. The third-order valence-corrected chi connectivity index (χ3v) is 7.30. The van der Waals surface area contributed by atoms with Crippen LogP contribution in [0.15, 0.2) is 86.9 Å². The number of thiophene rings is 3. The van der Waals surface area contributed by atoms with E-state index in [1.165, 1.54) is 17.3 Å². The van der Waals surface area contributed by atoms with Gasteiger partial charge in [0.15, 0.2) is 0 Å². The van der Waals surface area contributed by atoms with Crippen LogP contribution in [0.4, 0.5) is 0 Å². The Morgan fingerprint density at radius 1 is 0.806 bits per heavy atom. The summed E-state index contributed by atoms with van der Waals surface area (Å²) in [7, 11) is 0. The van der Waals surface area contributed by atoms with Crippen LogP contribution in [-0.2, 0) is 38.0 Å². The number of carbonyl (C=O) groups is 3. The van der Waals surface area contributed by atoms with Crippen molar-refractivity contribution in [2.75, 3.05) is 0 Å². The van der Waals surface area contributed by atoms with E-state index < -0.39 is 0 Å². The standard InChI is InChI=1S/C9H11NOS.C9H10O2S.C9H10OS2/c1-7(2)9(11)10-5-8-3-4-12-6-8;1-7(2)9(10)11-5-8-3-4-12-6-8;1-7(2)9(10)12-6-8-3-4-11-5-8/h3-4,6H,1,5H2,2H3,(H,10,11);3-4,6H,1,5H2,2H3;3-5H,1,6H2,2H3. The number of hydrogen-bond donors (Lipinski definition) is 1. The molecule has 0 aliphatic carbocycles. The van der Waals surface area contributed by atoms with Crippen molar-refractivity contribution in [1.82, 2.24) is 5.32 Å². The molecule has 0 saturated carbocycles. The molecule has 0 unspecified atom stereocenters. The van der Waals surface area contributed by atoms with Crippen LogP contribution in [0.2, 0.25) is 0 Å². The summed E-state index contributed by atoms with van der Waals surface area (Å²) in [4.78, 5) is 33.1. The van der Waals surface area contributed by atoms with Crippen LogP contribution < -0.4 is 5.32 Å². The number of thioether (sulfide) groups is 1. The predicted octanol–water partition coefficient (Wildman–Crippen LogP) is 7.39. The first kappa shape index (κ1) is 31.3. The van der Waals surface area contributed by atoms with Gasteiger partial charge in [-0.1, -0.05) is 31.5 Å². The summed E-state index contributed by atoms with van der Waals surface area (Å²) in [5.74, 6) is 0.345. The number of carbonyl (C=O) groups excluding carboxylic acids is 3. The summed E-state index contributed by atoms with van der Waals surface area (Å²) in [5, 5.41) is 14.8. The molecule has 3 aromatic heterocycles. The highest BCUT2D eigenvalue weighted by molar-refractivity contribution is 8.13. The Balaban J connectivity index is 0.000000270. The molecule has 192 valence electrons. The summed E-state index contributed by atoms with van der Waals surface area (Å²) in [6.45, 7) is 16.6. The van der Waals surface area contributed by atoms with Crippen LogP contribution in [0, 0.1) is 0 Å². The molecule has 3 aromatic rings. The molecule has 0 atom stereocenters. The van der Waals surface area contributed by atoms with Gasteiger partial charge in [-0.15, -0.1) is 0 Å². The zero-order valence-corrected chi connectivity index (χ0v) is 24.0. The summed E-state index contributed by atoms with van der Waals surface area (Å²) in [5.41, 5.74) is 4.97. The quantitative estimate of drug-likeness (QED) is 0.218. The van der Waals surface area contributed by atoms with Crippen molar-refractivity contribution in [2.45, 2.75) is 39.7 Å². The molecule has 0 bridgehead atoms. The van der Waals surface area contributed by atoms with Gasteiger partial charge in [-0.05, 0) is 88.0 Å². The van der Waals surface area contributed by atoms with Crippen molar-refractivity contribution in [3.63, 3.8) is 0 Å². The van der Waals surface area contributed by atoms with Crippen LogP contribution in [0.1, 0.15) is 37.5 Å². The third-order valence-electron chi connectivity index (χ3n) is 4.02. The molecule has 0 radical (unpaired) electrons. The average molecular weight is 562 g/mol. The first-order chi connectivity index (χ1) is 17.1. The van der Waals surface area contributed by atoms with Crippen molar-refractivity contribution in [1.29, 1.82) is 0 Å². The largest absolute Gasteiger partial charge is 0.457 e. The first-order valence-corrected chi connectivity index (χ1v) is 14.5. The van der Waals surface area contributed by atoms with Crippen LogP contribution >= 0.6 is 45.8 Å². The lowest BCUT2D eigenvalue weighted by atomic mass is 10.3. The van der Waals surface area contributed by atoms with Crippen molar-refractivity contribution in [2.24, 2.45) is 0 Å². The molecule has 5 nitrogen and oxygen atoms in total. The topological polar surface area (TPSA) is 72.5 Å². The number of amides is 1. The second-order valence-corrected chi connectivity index (χ2v) is 10.9. The second kappa shape index (κ2) is 17.7. The molecule has 0 aliphatic heterocycles. The highest BCUT2D eigenvalue weighted by Crippen LogP contribution is 2.17. The molecular formula is C27H31NO4S4. The van der Waals surface area contributed by atoms with Gasteiger partial charge in [-0.25, -0.2) is 4.79 Å². The molecule has 1 N–H and O–H groups in total. The van der Waals surface area contributed by atoms with Gasteiger partial charge >= 0.3 is 5.97 Å². The Morgan fingerprint density at radius 2 is 1.33 bits per heavy atom. The molecular weight excluding hydrogens is 531 g/mol. The number of rotatable bonds is 9. The minimum Gasteiger partial charge on any atom is -0.457 e. The van der Waals surface area contributed by atoms with E-state index in [0.29, 0.717) is 29.9 Å². The zero-order valence-electron chi connectivity index (χ0n) is 20.7. The molecule has 3 heterocycles. The van der Waals surface area contributed by atoms with E-state index in [2.05, 4.69) is 30.4 Å². The van der Waals surface area contributed by atoms with Crippen molar-refractivity contribution in [3.8, 4) is 0 Å². The summed E-state index contributed by atoms with van der Waals surface area (Å²) >= 11 is 6.17. The average Bonchev–Trinajstić information content (AvgIpc) is 3.64. The highest BCUT2D eigenvalue weighted by Gasteiger charge is 2.04. The Labute approximate surface area is 229 Å². The SMILES string of the molecule is C=C(C)C(=O)NCc1ccsc1.C=C(C)C(=O)OCc1ccsc1.C=C(C)C(=O)SCc1ccsc1. The van der Waals surface area contributed by atoms with Crippen molar-refractivity contribution in [3.05, 3.63) is 104 Å². The molecule has 36 heavy (non-hydrogen) atoms. The molecule has 0 fully saturated rings. The molecule has 3 rings (SSSR count). The normalized spacial score (nSPS) is 9.53. The van der Waals surface area contributed by atoms with Gasteiger partial charge in [-0.3, -0.25) is 9.59 Å². The molecule has 1 amide bonds. The van der Waals surface area contributed by atoms with Crippen LogP contribution in [0.25, 0.3) is 0 Å². The van der Waals surface area contributed by atoms with Gasteiger partial charge in [0, 0.05) is 29.0 Å². The van der Waals surface area contributed by atoms with Gasteiger partial charge in [-0.2, -0.15) is 34.0 Å². The molecule has 0 saturated heterocycles. The fraction of sp³-hybridized carbons (Fsp3) is 0.222. The molecule has 0 spiro atoms. The molecule has 0 aromatic carbocycles. The second-order valence-electron chi connectivity index (χ2n) is 7.57. The van der Waals surface area contributed by atoms with Gasteiger partial charge in [0.1, 0.15) is 6.61 Å². The van der Waals surface area contributed by atoms with E-state index in [1.54, 1.807) is 54.8 Å². The summed E-state index contributed by atoms with van der Waals surface area (Å²) < 4.78 is 4.92. The maximum Gasteiger partial charge on any atom is 0.333 e. The third kappa shape index (κ3) is 14.0. The van der Waals surface area contributed by atoms with Crippen molar-refractivity contribution < 1.29 is 19.1 Å². The Morgan fingerprint density at radius 3 is 1.78 bits per heavy atom. The Hall–Kier alpha value is -2.72. The van der Waals surface area contributed by atoms with E-state index >= 15 is 0 Å². The van der Waals surface area contributed by atoms with Gasteiger partial charge in [0.05, 0.1) is 0 Å². The lowest BCUT2D eigenvalue weighted by Crippen LogP contribution is -2.22. The van der Waals surface area contributed by atoms with E-state index in [-0.39, 0.29) is 17.0 Å². The smallest absolute Gasteiger partial charge is 0.333 e. The van der Waals surface area contributed by atoms with Crippen LogP contribution in [0.3, 0.4) is 0 Å².